The third-order valence-electron chi connectivity index (χ3n) is 4.32. The lowest BCUT2D eigenvalue weighted by Crippen LogP contribution is -2.50. The van der Waals surface area contributed by atoms with Crippen molar-refractivity contribution in [3.63, 3.8) is 0 Å². The summed E-state index contributed by atoms with van der Waals surface area (Å²) >= 11 is 0. The van der Waals surface area contributed by atoms with Crippen LogP contribution in [0.15, 0.2) is 0 Å². The topological polar surface area (TPSA) is 35.6 Å². The highest BCUT2D eigenvalue weighted by atomic mass is 16.2. The van der Waals surface area contributed by atoms with Crippen LogP contribution >= 0.6 is 0 Å². The van der Waals surface area contributed by atoms with Gasteiger partial charge in [0.25, 0.3) is 0 Å². The van der Waals surface area contributed by atoms with Crippen molar-refractivity contribution in [2.45, 2.75) is 51.6 Å². The minimum Gasteiger partial charge on any atom is -0.340 e. The molecule has 2 aliphatic rings. The first-order valence-corrected chi connectivity index (χ1v) is 7.48. The minimum absolute atomic E-state index is 0.00818. The number of nitrogens with one attached hydrogen (secondary N) is 1. The smallest absolute Gasteiger partial charge is 0.239 e. The van der Waals surface area contributed by atoms with E-state index in [1.807, 2.05) is 6.92 Å². The second-order valence-corrected chi connectivity index (χ2v) is 5.59. The van der Waals surface area contributed by atoms with Crippen LogP contribution in [-0.2, 0) is 4.79 Å². The zero-order chi connectivity index (χ0) is 13.0. The van der Waals surface area contributed by atoms with Gasteiger partial charge in [-0.05, 0) is 45.8 Å². The number of amides is 1. The molecule has 0 aromatic carbocycles. The van der Waals surface area contributed by atoms with E-state index in [-0.39, 0.29) is 11.9 Å². The summed E-state index contributed by atoms with van der Waals surface area (Å²) in [6.07, 6.45) is 4.96. The van der Waals surface area contributed by atoms with Gasteiger partial charge >= 0.3 is 0 Å². The number of likely N-dealkylation sites (tertiary alicyclic amines) is 1. The van der Waals surface area contributed by atoms with E-state index in [1.165, 1.54) is 25.8 Å². The fourth-order valence-electron chi connectivity index (χ4n) is 3.18. The Morgan fingerprint density at radius 1 is 1.28 bits per heavy atom. The van der Waals surface area contributed by atoms with Crippen molar-refractivity contribution < 1.29 is 4.79 Å². The number of piperidine rings is 1. The largest absolute Gasteiger partial charge is 0.340 e. The van der Waals surface area contributed by atoms with Gasteiger partial charge in [0.1, 0.15) is 0 Å². The van der Waals surface area contributed by atoms with Crippen LogP contribution < -0.4 is 5.32 Å². The molecular formula is C14H27N3O. The van der Waals surface area contributed by atoms with Crippen LogP contribution in [0.4, 0.5) is 0 Å². The van der Waals surface area contributed by atoms with Gasteiger partial charge in [-0.3, -0.25) is 9.69 Å². The Bertz CT molecular complexity index is 282. The van der Waals surface area contributed by atoms with Crippen molar-refractivity contribution in [2.75, 3.05) is 32.7 Å². The van der Waals surface area contributed by atoms with E-state index in [0.717, 1.165) is 32.6 Å². The third-order valence-corrected chi connectivity index (χ3v) is 4.32. The first-order chi connectivity index (χ1) is 8.72. The standard InChI is InChI=1S/C14H27N3O/c1-3-16-9-5-4-7-13(16)11-17-10-6-8-15-12(2)14(17)18/h12-13,15H,3-11H2,1-2H3. The maximum Gasteiger partial charge on any atom is 0.239 e. The van der Waals surface area contributed by atoms with Gasteiger partial charge in [-0.2, -0.15) is 0 Å². The van der Waals surface area contributed by atoms with Crippen LogP contribution in [-0.4, -0.2) is 60.5 Å². The van der Waals surface area contributed by atoms with Crippen LogP contribution in [0.3, 0.4) is 0 Å². The van der Waals surface area contributed by atoms with Gasteiger partial charge in [0.15, 0.2) is 0 Å². The van der Waals surface area contributed by atoms with Gasteiger partial charge in [-0.15, -0.1) is 0 Å². The van der Waals surface area contributed by atoms with Gasteiger partial charge < -0.3 is 10.2 Å². The molecule has 2 atom stereocenters. The molecule has 4 nitrogen and oxygen atoms in total. The molecule has 104 valence electrons. The third kappa shape index (κ3) is 3.23. The molecule has 2 rings (SSSR count). The summed E-state index contributed by atoms with van der Waals surface area (Å²) in [5.74, 6) is 0.286. The summed E-state index contributed by atoms with van der Waals surface area (Å²) < 4.78 is 0. The van der Waals surface area contributed by atoms with E-state index in [1.54, 1.807) is 0 Å². The lowest BCUT2D eigenvalue weighted by Gasteiger charge is -2.38. The molecule has 2 fully saturated rings. The van der Waals surface area contributed by atoms with E-state index in [9.17, 15) is 4.79 Å². The number of carbonyl (C=O) groups excluding carboxylic acids is 1. The molecule has 0 saturated carbocycles. The van der Waals surface area contributed by atoms with Crippen molar-refractivity contribution in [3.05, 3.63) is 0 Å². The van der Waals surface area contributed by atoms with E-state index in [2.05, 4.69) is 22.0 Å². The summed E-state index contributed by atoms with van der Waals surface area (Å²) in [4.78, 5) is 16.9. The average molecular weight is 253 g/mol. The molecule has 4 heteroatoms. The van der Waals surface area contributed by atoms with Crippen LogP contribution in [0.2, 0.25) is 0 Å². The molecule has 0 aromatic rings. The Hall–Kier alpha value is -0.610. The molecule has 0 spiro atoms. The molecule has 1 N–H and O–H groups in total. The molecule has 0 aliphatic carbocycles. The maximum absolute atomic E-state index is 12.3. The van der Waals surface area contributed by atoms with Gasteiger partial charge in [0.2, 0.25) is 5.91 Å². The van der Waals surface area contributed by atoms with E-state index in [0.29, 0.717) is 6.04 Å². The average Bonchev–Trinajstić information content (AvgIpc) is 2.55. The molecule has 2 saturated heterocycles. The van der Waals surface area contributed by atoms with E-state index in [4.69, 9.17) is 0 Å². The number of carbonyl (C=O) groups is 1. The summed E-state index contributed by atoms with van der Waals surface area (Å²) in [5, 5.41) is 3.28. The normalized spacial score (nSPS) is 31.4. The molecule has 18 heavy (non-hydrogen) atoms. The molecule has 0 radical (unpaired) electrons. The Morgan fingerprint density at radius 3 is 2.89 bits per heavy atom. The highest BCUT2D eigenvalue weighted by Crippen LogP contribution is 2.18. The monoisotopic (exact) mass is 253 g/mol. The molecule has 1 amide bonds. The first-order valence-electron chi connectivity index (χ1n) is 7.48. The summed E-state index contributed by atoms with van der Waals surface area (Å²) in [7, 11) is 0. The quantitative estimate of drug-likeness (QED) is 0.817. The van der Waals surface area contributed by atoms with Gasteiger partial charge in [0, 0.05) is 19.1 Å². The van der Waals surface area contributed by atoms with Gasteiger partial charge in [0.05, 0.1) is 6.04 Å². The summed E-state index contributed by atoms with van der Waals surface area (Å²) in [5.41, 5.74) is 0. The summed E-state index contributed by atoms with van der Waals surface area (Å²) in [6.45, 7) is 9.35. The molecule has 0 bridgehead atoms. The molecular weight excluding hydrogens is 226 g/mol. The fraction of sp³-hybridized carbons (Fsp3) is 0.929. The van der Waals surface area contributed by atoms with Crippen molar-refractivity contribution in [1.82, 2.24) is 15.1 Å². The highest BCUT2D eigenvalue weighted by Gasteiger charge is 2.28. The minimum atomic E-state index is -0.00818. The number of likely N-dealkylation sites (N-methyl/N-ethyl adjacent to an activating group) is 1. The predicted octanol–water partition coefficient (Wildman–Crippen LogP) is 1.07. The maximum atomic E-state index is 12.3. The van der Waals surface area contributed by atoms with E-state index >= 15 is 0 Å². The molecule has 2 aliphatic heterocycles. The van der Waals surface area contributed by atoms with Crippen LogP contribution in [0.25, 0.3) is 0 Å². The van der Waals surface area contributed by atoms with Crippen molar-refractivity contribution in [2.24, 2.45) is 0 Å². The SMILES string of the molecule is CCN1CCCCC1CN1CCCNC(C)C1=O. The molecule has 2 heterocycles. The fourth-order valence-corrected chi connectivity index (χ4v) is 3.18. The second-order valence-electron chi connectivity index (χ2n) is 5.59. The number of hydrogen-bond donors (Lipinski definition) is 1. The Labute approximate surface area is 111 Å². The lowest BCUT2D eigenvalue weighted by molar-refractivity contribution is -0.133. The Kier molecular flexibility index (Phi) is 5.01. The number of rotatable bonds is 3. The second kappa shape index (κ2) is 6.53. The van der Waals surface area contributed by atoms with Gasteiger partial charge in [-0.1, -0.05) is 13.3 Å². The zero-order valence-corrected chi connectivity index (χ0v) is 11.8. The number of hydrogen-bond acceptors (Lipinski definition) is 3. The van der Waals surface area contributed by atoms with Crippen molar-refractivity contribution >= 4 is 5.91 Å². The first kappa shape index (κ1) is 13.8. The van der Waals surface area contributed by atoms with Crippen LogP contribution in [0, 0.1) is 0 Å². The van der Waals surface area contributed by atoms with Crippen LogP contribution in [0.1, 0.15) is 39.5 Å². The molecule has 0 aromatic heterocycles. The zero-order valence-electron chi connectivity index (χ0n) is 11.8. The van der Waals surface area contributed by atoms with Crippen molar-refractivity contribution in [3.8, 4) is 0 Å². The predicted molar refractivity (Wildman–Crippen MR) is 73.5 cm³/mol. The van der Waals surface area contributed by atoms with E-state index < -0.39 is 0 Å². The summed E-state index contributed by atoms with van der Waals surface area (Å²) in [6, 6.07) is 0.573. The Balaban J connectivity index is 1.95. The highest BCUT2D eigenvalue weighted by molar-refractivity contribution is 5.81. The number of nitrogens with zero attached hydrogens (tertiary/aromatic N) is 2. The van der Waals surface area contributed by atoms with Gasteiger partial charge in [-0.25, -0.2) is 0 Å². The van der Waals surface area contributed by atoms with Crippen LogP contribution in [0.5, 0.6) is 0 Å². The lowest BCUT2D eigenvalue weighted by atomic mass is 10.0. The van der Waals surface area contributed by atoms with Crippen molar-refractivity contribution in [1.29, 1.82) is 0 Å². The Morgan fingerprint density at radius 2 is 2.11 bits per heavy atom. The molecule has 2 unspecified atom stereocenters.